The van der Waals surface area contributed by atoms with E-state index in [1.807, 2.05) is 19.0 Å². The lowest BCUT2D eigenvalue weighted by molar-refractivity contribution is -0.137. The first-order valence-electron chi connectivity index (χ1n) is 4.43. The normalized spacial score (nSPS) is 17.1. The lowest BCUT2D eigenvalue weighted by atomic mass is 10.4. The molecule has 0 heterocycles. The molecule has 6 heteroatoms. The van der Waals surface area contributed by atoms with E-state index in [0.717, 1.165) is 6.29 Å². The van der Waals surface area contributed by atoms with Gasteiger partial charge in [0.25, 0.3) is 0 Å². The molecule has 0 bridgehead atoms. The van der Waals surface area contributed by atoms with Crippen molar-refractivity contribution >= 4 is 35.8 Å². The van der Waals surface area contributed by atoms with Crippen LogP contribution in [0.1, 0.15) is 13.3 Å². The number of hydrogen-bond donors (Lipinski definition) is 1. The molecule has 0 aliphatic carbocycles. The standard InChI is InChI=1S/C9H17NO3S2/c1-9(14-4,8(12)13)15-7(5-6-11)10(2)3/h6-7H,5H2,1-4H3,(H,12,13). The number of carbonyl (C=O) groups is 2. The zero-order valence-electron chi connectivity index (χ0n) is 9.39. The molecule has 0 saturated heterocycles. The number of aliphatic carboxylic acids is 1. The van der Waals surface area contributed by atoms with E-state index in [1.165, 1.54) is 23.5 Å². The van der Waals surface area contributed by atoms with Gasteiger partial charge in [-0.15, -0.1) is 23.5 Å². The molecule has 0 aliphatic rings. The van der Waals surface area contributed by atoms with Gasteiger partial charge in [0.15, 0.2) is 4.08 Å². The van der Waals surface area contributed by atoms with E-state index in [4.69, 9.17) is 5.11 Å². The highest BCUT2D eigenvalue weighted by atomic mass is 32.2. The molecule has 0 aliphatic heterocycles. The summed E-state index contributed by atoms with van der Waals surface area (Å²) in [6.45, 7) is 1.66. The summed E-state index contributed by atoms with van der Waals surface area (Å²) in [6.07, 6.45) is 2.91. The van der Waals surface area contributed by atoms with Gasteiger partial charge in [-0.05, 0) is 27.3 Å². The number of carbonyl (C=O) groups excluding carboxylic acids is 1. The zero-order chi connectivity index (χ0) is 12.1. The summed E-state index contributed by atoms with van der Waals surface area (Å²) in [5.41, 5.74) is 0. The van der Waals surface area contributed by atoms with Crippen molar-refractivity contribution in [2.24, 2.45) is 0 Å². The van der Waals surface area contributed by atoms with Crippen LogP contribution in [-0.4, -0.2) is 52.1 Å². The van der Waals surface area contributed by atoms with Gasteiger partial charge in [0, 0.05) is 6.42 Å². The largest absolute Gasteiger partial charge is 0.480 e. The van der Waals surface area contributed by atoms with E-state index < -0.39 is 10.0 Å². The third kappa shape index (κ3) is 4.44. The minimum Gasteiger partial charge on any atom is -0.480 e. The molecule has 0 saturated carbocycles. The third-order valence-corrected chi connectivity index (χ3v) is 5.27. The van der Waals surface area contributed by atoms with Crippen LogP contribution < -0.4 is 0 Å². The monoisotopic (exact) mass is 251 g/mol. The number of hydrogen-bond acceptors (Lipinski definition) is 5. The summed E-state index contributed by atoms with van der Waals surface area (Å²) < 4.78 is -0.905. The molecule has 0 fully saturated rings. The Labute approximate surface area is 98.8 Å². The van der Waals surface area contributed by atoms with Gasteiger partial charge in [-0.25, -0.2) is 4.79 Å². The maximum atomic E-state index is 11.1. The summed E-state index contributed by atoms with van der Waals surface area (Å²) in [6, 6.07) is 0. The van der Waals surface area contributed by atoms with Gasteiger partial charge in [-0.3, -0.25) is 4.90 Å². The Kier molecular flexibility index (Phi) is 6.31. The minimum atomic E-state index is -0.905. The zero-order valence-corrected chi connectivity index (χ0v) is 11.0. The molecular formula is C9H17NO3S2. The van der Waals surface area contributed by atoms with Crippen molar-refractivity contribution in [3.05, 3.63) is 0 Å². The molecule has 0 aromatic heterocycles. The summed E-state index contributed by atoms with van der Waals surface area (Å²) in [7, 11) is 3.67. The van der Waals surface area contributed by atoms with Crippen molar-refractivity contribution in [2.45, 2.75) is 22.8 Å². The van der Waals surface area contributed by atoms with Crippen LogP contribution in [0.2, 0.25) is 0 Å². The van der Waals surface area contributed by atoms with Crippen LogP contribution in [-0.2, 0) is 9.59 Å². The Balaban J connectivity index is 4.61. The molecule has 0 spiro atoms. The molecule has 2 unspecified atom stereocenters. The van der Waals surface area contributed by atoms with Crippen LogP contribution >= 0.6 is 23.5 Å². The number of aldehydes is 1. The second kappa shape index (κ2) is 6.40. The van der Waals surface area contributed by atoms with Gasteiger partial charge in [0.05, 0.1) is 5.37 Å². The quantitative estimate of drug-likeness (QED) is 0.544. The van der Waals surface area contributed by atoms with Gasteiger partial charge in [0.1, 0.15) is 6.29 Å². The highest BCUT2D eigenvalue weighted by Gasteiger charge is 2.36. The average molecular weight is 251 g/mol. The summed E-state index contributed by atoms with van der Waals surface area (Å²) in [4.78, 5) is 23.4. The topological polar surface area (TPSA) is 57.6 Å². The highest BCUT2D eigenvalue weighted by Crippen LogP contribution is 2.39. The Hall–Kier alpha value is -0.200. The van der Waals surface area contributed by atoms with E-state index in [9.17, 15) is 9.59 Å². The summed E-state index contributed by atoms with van der Waals surface area (Å²) in [5.74, 6) is -0.863. The van der Waals surface area contributed by atoms with Crippen molar-refractivity contribution in [1.29, 1.82) is 0 Å². The molecule has 0 aromatic carbocycles. The maximum absolute atomic E-state index is 11.1. The van der Waals surface area contributed by atoms with Crippen LogP contribution in [0.5, 0.6) is 0 Å². The molecule has 0 amide bonds. The molecule has 1 N–H and O–H groups in total. The van der Waals surface area contributed by atoms with Gasteiger partial charge >= 0.3 is 5.97 Å². The number of carboxylic acids is 1. The van der Waals surface area contributed by atoms with Crippen LogP contribution in [0.3, 0.4) is 0 Å². The number of carboxylic acid groups (broad SMARTS) is 1. The van der Waals surface area contributed by atoms with Crippen LogP contribution in [0.4, 0.5) is 0 Å². The van der Waals surface area contributed by atoms with Crippen LogP contribution in [0.15, 0.2) is 0 Å². The first kappa shape index (κ1) is 14.8. The SMILES string of the molecule is CSC(C)(SC(CC=O)N(C)C)C(=O)O. The van der Waals surface area contributed by atoms with E-state index in [2.05, 4.69) is 0 Å². The van der Waals surface area contributed by atoms with Crippen molar-refractivity contribution in [1.82, 2.24) is 4.90 Å². The number of nitrogens with zero attached hydrogens (tertiary/aromatic N) is 1. The molecule has 0 rings (SSSR count). The smallest absolute Gasteiger partial charge is 0.329 e. The van der Waals surface area contributed by atoms with Crippen molar-refractivity contribution < 1.29 is 14.7 Å². The first-order valence-corrected chi connectivity index (χ1v) is 6.54. The van der Waals surface area contributed by atoms with Crippen molar-refractivity contribution in [3.63, 3.8) is 0 Å². The lowest BCUT2D eigenvalue weighted by Crippen LogP contribution is -2.35. The fourth-order valence-electron chi connectivity index (χ4n) is 0.892. The van der Waals surface area contributed by atoms with Crippen LogP contribution in [0, 0.1) is 0 Å². The molecule has 0 radical (unpaired) electrons. The molecule has 2 atom stereocenters. The lowest BCUT2D eigenvalue weighted by Gasteiger charge is -2.30. The first-order chi connectivity index (χ1) is 6.87. The van der Waals surface area contributed by atoms with E-state index in [0.29, 0.717) is 6.42 Å². The van der Waals surface area contributed by atoms with Crippen molar-refractivity contribution in [3.8, 4) is 0 Å². The molecule has 15 heavy (non-hydrogen) atoms. The van der Waals surface area contributed by atoms with E-state index in [-0.39, 0.29) is 5.37 Å². The molecule has 0 aromatic rings. The Morgan fingerprint density at radius 2 is 2.13 bits per heavy atom. The minimum absolute atomic E-state index is 0.101. The van der Waals surface area contributed by atoms with E-state index in [1.54, 1.807) is 13.2 Å². The number of thioether (sulfide) groups is 2. The summed E-state index contributed by atoms with van der Waals surface area (Å²) in [5, 5.41) is 8.98. The molecule has 4 nitrogen and oxygen atoms in total. The van der Waals surface area contributed by atoms with Gasteiger partial charge in [-0.1, -0.05) is 0 Å². The second-order valence-electron chi connectivity index (χ2n) is 3.39. The van der Waals surface area contributed by atoms with Gasteiger partial charge in [0.2, 0.25) is 0 Å². The molecule has 88 valence electrons. The Morgan fingerprint density at radius 1 is 1.60 bits per heavy atom. The fourth-order valence-corrected chi connectivity index (χ4v) is 2.79. The van der Waals surface area contributed by atoms with Crippen molar-refractivity contribution in [2.75, 3.05) is 20.4 Å². The maximum Gasteiger partial charge on any atom is 0.329 e. The van der Waals surface area contributed by atoms with Gasteiger partial charge in [-0.2, -0.15) is 0 Å². The average Bonchev–Trinajstić information content (AvgIpc) is 2.16. The fraction of sp³-hybridized carbons (Fsp3) is 0.778. The van der Waals surface area contributed by atoms with E-state index >= 15 is 0 Å². The summed E-state index contributed by atoms with van der Waals surface area (Å²) >= 11 is 2.56. The third-order valence-electron chi connectivity index (χ3n) is 2.01. The second-order valence-corrected chi connectivity index (χ2v) is 6.47. The predicted octanol–water partition coefficient (Wildman–Crippen LogP) is 1.36. The Bertz CT molecular complexity index is 235. The Morgan fingerprint density at radius 3 is 2.40 bits per heavy atom. The highest BCUT2D eigenvalue weighted by molar-refractivity contribution is 8.19. The van der Waals surface area contributed by atoms with Gasteiger partial charge < -0.3 is 9.90 Å². The predicted molar refractivity (Wildman–Crippen MR) is 65.3 cm³/mol. The number of rotatable bonds is 7. The molecular weight excluding hydrogens is 234 g/mol. The van der Waals surface area contributed by atoms with Crippen LogP contribution in [0.25, 0.3) is 0 Å².